The summed E-state index contributed by atoms with van der Waals surface area (Å²) >= 11 is 5.89. The van der Waals surface area contributed by atoms with Crippen molar-refractivity contribution < 1.29 is 31.2 Å². The van der Waals surface area contributed by atoms with Gasteiger partial charge in [-0.2, -0.15) is 13.2 Å². The van der Waals surface area contributed by atoms with Gasteiger partial charge in [0.2, 0.25) is 0 Å². The molecular weight excluding hydrogens is 559 g/mol. The van der Waals surface area contributed by atoms with Crippen LogP contribution >= 0.6 is 11.6 Å². The quantitative estimate of drug-likeness (QED) is 0.280. The maximum absolute atomic E-state index is 13.0. The number of imidazole rings is 1. The van der Waals surface area contributed by atoms with Crippen molar-refractivity contribution in [3.05, 3.63) is 88.2 Å². The molecule has 0 aliphatic heterocycles. The largest absolute Gasteiger partial charge is 0.416 e. The number of nitrogens with zero attached hydrogens (tertiary/aromatic N) is 2. The lowest BCUT2D eigenvalue weighted by Crippen LogP contribution is -2.41. The number of aromatic nitrogens is 2. The van der Waals surface area contributed by atoms with Crippen LogP contribution in [-0.2, 0) is 22.7 Å². The first-order chi connectivity index (χ1) is 18.3. The van der Waals surface area contributed by atoms with Crippen LogP contribution in [0.1, 0.15) is 39.0 Å². The minimum absolute atomic E-state index is 0.138. The molecule has 0 aliphatic carbocycles. The van der Waals surface area contributed by atoms with Gasteiger partial charge in [0.1, 0.15) is 5.82 Å². The lowest BCUT2D eigenvalue weighted by Gasteiger charge is -2.13. The topological polar surface area (TPSA) is 122 Å². The lowest BCUT2D eigenvalue weighted by atomic mass is 10.2. The molecule has 0 saturated heterocycles. The summed E-state index contributed by atoms with van der Waals surface area (Å²) in [5.74, 6) is -0.665. The van der Waals surface area contributed by atoms with Gasteiger partial charge >= 0.3 is 6.18 Å². The molecule has 14 heteroatoms. The molecule has 4 aromatic rings. The number of sulfonamides is 1. The fourth-order valence-electron chi connectivity index (χ4n) is 3.84. The first kappa shape index (κ1) is 27.9. The summed E-state index contributed by atoms with van der Waals surface area (Å²) in [7, 11) is -4.43. The first-order valence-electron chi connectivity index (χ1n) is 11.4. The number of fused-ring (bicyclic) bond motifs is 1. The number of anilines is 1. The average Bonchev–Trinajstić information content (AvgIpc) is 3.21. The van der Waals surface area contributed by atoms with Gasteiger partial charge in [-0.15, -0.1) is 0 Å². The summed E-state index contributed by atoms with van der Waals surface area (Å²) in [4.78, 5) is 29.2. The third-order valence-corrected chi connectivity index (χ3v) is 7.44. The van der Waals surface area contributed by atoms with E-state index in [2.05, 4.69) is 15.8 Å². The average molecular weight is 580 g/mol. The van der Waals surface area contributed by atoms with Crippen molar-refractivity contribution >= 4 is 50.2 Å². The van der Waals surface area contributed by atoms with E-state index in [1.165, 1.54) is 12.1 Å². The van der Waals surface area contributed by atoms with E-state index in [0.717, 1.165) is 35.6 Å². The van der Waals surface area contributed by atoms with Crippen molar-refractivity contribution in [3.63, 3.8) is 0 Å². The summed E-state index contributed by atoms with van der Waals surface area (Å²) in [6, 6.07) is 11.8. The number of carbonyl (C=O) groups excluding carboxylic acids is 2. The normalized spacial score (nSPS) is 11.8. The fourth-order valence-corrected chi connectivity index (χ4v) is 5.17. The van der Waals surface area contributed by atoms with E-state index in [9.17, 15) is 31.2 Å². The molecule has 204 valence electrons. The molecule has 0 unspecified atom stereocenters. The second-order valence-electron chi connectivity index (χ2n) is 8.34. The second-order valence-corrected chi connectivity index (χ2v) is 10.4. The number of carbonyl (C=O) groups is 2. The summed E-state index contributed by atoms with van der Waals surface area (Å²) in [5.41, 5.74) is 4.46. The van der Waals surface area contributed by atoms with Crippen molar-refractivity contribution in [2.24, 2.45) is 0 Å². The molecule has 0 saturated carbocycles. The standard InChI is InChI=1S/C25H21ClF3N5O4S/c1-3-34-14(2)30-21-12-16(7-10-22(21)34)24(36)32-31-23(35)15-5-4-6-18(11-15)39(37,38)33-20-13-17(25(27,28)29)8-9-19(20)26/h4-13,33H,3H2,1-2H3,(H,31,35)(H,32,36). The Morgan fingerprint density at radius 2 is 1.64 bits per heavy atom. The highest BCUT2D eigenvalue weighted by Gasteiger charge is 2.31. The Kier molecular flexibility index (Phi) is 7.57. The highest BCUT2D eigenvalue weighted by molar-refractivity contribution is 7.92. The van der Waals surface area contributed by atoms with Gasteiger partial charge in [0.15, 0.2) is 0 Å². The van der Waals surface area contributed by atoms with Crippen LogP contribution in [0.5, 0.6) is 0 Å². The smallest absolute Gasteiger partial charge is 0.329 e. The van der Waals surface area contributed by atoms with E-state index in [4.69, 9.17) is 11.6 Å². The van der Waals surface area contributed by atoms with Gasteiger partial charge in [-0.3, -0.25) is 25.2 Å². The molecule has 9 nitrogen and oxygen atoms in total. The van der Waals surface area contributed by atoms with Crippen molar-refractivity contribution in [1.82, 2.24) is 20.4 Å². The van der Waals surface area contributed by atoms with Crippen molar-refractivity contribution in [3.8, 4) is 0 Å². The Morgan fingerprint density at radius 1 is 0.974 bits per heavy atom. The number of halogens is 4. The highest BCUT2D eigenvalue weighted by Crippen LogP contribution is 2.34. The predicted molar refractivity (Wildman–Crippen MR) is 139 cm³/mol. The number of amides is 2. The van der Waals surface area contributed by atoms with Crippen molar-refractivity contribution in [2.75, 3.05) is 4.72 Å². The Hall–Kier alpha value is -4.10. The molecule has 1 aromatic heterocycles. The number of hydrogen-bond donors (Lipinski definition) is 3. The van der Waals surface area contributed by atoms with Crippen LogP contribution in [0.3, 0.4) is 0 Å². The molecule has 3 aromatic carbocycles. The van der Waals surface area contributed by atoms with E-state index in [1.54, 1.807) is 18.2 Å². The zero-order valence-electron chi connectivity index (χ0n) is 20.4. The predicted octanol–water partition coefficient (Wildman–Crippen LogP) is 4.91. The molecular formula is C25H21ClF3N5O4S. The van der Waals surface area contributed by atoms with Gasteiger partial charge < -0.3 is 4.57 Å². The van der Waals surface area contributed by atoms with Gasteiger partial charge in [0.05, 0.1) is 32.2 Å². The molecule has 0 spiro atoms. The summed E-state index contributed by atoms with van der Waals surface area (Å²) < 4.78 is 68.8. The molecule has 3 N–H and O–H groups in total. The molecule has 0 aliphatic rings. The molecule has 0 radical (unpaired) electrons. The summed E-state index contributed by atoms with van der Waals surface area (Å²) in [6.07, 6.45) is -4.71. The Balaban J connectivity index is 1.48. The minimum atomic E-state index is -4.71. The van der Waals surface area contributed by atoms with Gasteiger partial charge in [0.25, 0.3) is 21.8 Å². The number of benzene rings is 3. The third kappa shape index (κ3) is 5.99. The number of hydrazine groups is 1. The molecule has 39 heavy (non-hydrogen) atoms. The molecule has 1 heterocycles. The molecule has 2 amide bonds. The number of rotatable bonds is 6. The fraction of sp³-hybridized carbons (Fsp3) is 0.160. The van der Waals surface area contributed by atoms with Crippen LogP contribution in [0.25, 0.3) is 11.0 Å². The van der Waals surface area contributed by atoms with Crippen LogP contribution < -0.4 is 15.6 Å². The van der Waals surface area contributed by atoms with Crippen LogP contribution in [0.2, 0.25) is 5.02 Å². The Labute approximate surface area is 226 Å². The van der Waals surface area contributed by atoms with E-state index in [0.29, 0.717) is 18.1 Å². The number of hydrogen-bond acceptors (Lipinski definition) is 5. The van der Waals surface area contributed by atoms with Gasteiger partial charge in [-0.25, -0.2) is 13.4 Å². The molecule has 0 atom stereocenters. The highest BCUT2D eigenvalue weighted by atomic mass is 35.5. The minimum Gasteiger partial charge on any atom is -0.329 e. The lowest BCUT2D eigenvalue weighted by molar-refractivity contribution is -0.137. The first-order valence-corrected chi connectivity index (χ1v) is 13.2. The number of alkyl halides is 3. The van der Waals surface area contributed by atoms with Crippen molar-refractivity contribution in [1.29, 1.82) is 0 Å². The molecule has 4 rings (SSSR count). The van der Waals surface area contributed by atoms with Gasteiger partial charge in [-0.05, 0) is 68.4 Å². The monoisotopic (exact) mass is 579 g/mol. The van der Waals surface area contributed by atoms with Gasteiger partial charge in [0, 0.05) is 17.7 Å². The van der Waals surface area contributed by atoms with E-state index in [1.807, 2.05) is 23.1 Å². The van der Waals surface area contributed by atoms with Crippen LogP contribution in [0.4, 0.5) is 18.9 Å². The van der Waals surface area contributed by atoms with Crippen LogP contribution in [0.15, 0.2) is 65.6 Å². The maximum Gasteiger partial charge on any atom is 0.416 e. The molecule has 0 fully saturated rings. The SMILES string of the molecule is CCn1c(C)nc2cc(C(=O)NNC(=O)c3cccc(S(=O)(=O)Nc4cc(C(F)(F)F)ccc4Cl)c3)ccc21. The maximum atomic E-state index is 13.0. The summed E-state index contributed by atoms with van der Waals surface area (Å²) in [6.45, 7) is 4.53. The summed E-state index contributed by atoms with van der Waals surface area (Å²) in [5, 5.41) is -0.252. The van der Waals surface area contributed by atoms with Gasteiger partial charge in [-0.1, -0.05) is 17.7 Å². The molecule has 0 bridgehead atoms. The number of nitrogens with one attached hydrogen (secondary N) is 3. The number of aryl methyl sites for hydroxylation is 2. The van der Waals surface area contributed by atoms with E-state index < -0.39 is 44.2 Å². The van der Waals surface area contributed by atoms with E-state index >= 15 is 0 Å². The van der Waals surface area contributed by atoms with E-state index in [-0.39, 0.29) is 16.1 Å². The van der Waals surface area contributed by atoms with Crippen LogP contribution in [0, 0.1) is 6.92 Å². The van der Waals surface area contributed by atoms with Crippen LogP contribution in [-0.4, -0.2) is 29.8 Å². The zero-order valence-corrected chi connectivity index (χ0v) is 22.0. The zero-order chi connectivity index (χ0) is 28.5. The second kappa shape index (κ2) is 10.6. The van der Waals surface area contributed by atoms with Crippen molar-refractivity contribution in [2.45, 2.75) is 31.5 Å². The Morgan fingerprint density at radius 3 is 2.28 bits per heavy atom. The third-order valence-electron chi connectivity index (χ3n) is 5.75. The Bertz CT molecular complexity index is 1700.